The molecule has 1 amide bonds. The molecule has 134 valence electrons. The van der Waals surface area contributed by atoms with E-state index in [-0.39, 0.29) is 16.8 Å². The lowest BCUT2D eigenvalue weighted by Crippen LogP contribution is -2.29. The van der Waals surface area contributed by atoms with E-state index < -0.39 is 10.0 Å². The second-order valence-corrected chi connectivity index (χ2v) is 8.42. The molecule has 0 atom stereocenters. The summed E-state index contributed by atoms with van der Waals surface area (Å²) in [6.45, 7) is 0.359. The van der Waals surface area contributed by atoms with Crippen LogP contribution >= 0.6 is 0 Å². The third kappa shape index (κ3) is 4.26. The number of hydrogen-bond acceptors (Lipinski definition) is 4. The van der Waals surface area contributed by atoms with E-state index in [0.717, 1.165) is 18.4 Å². The van der Waals surface area contributed by atoms with Gasteiger partial charge in [-0.25, -0.2) is 12.7 Å². The van der Waals surface area contributed by atoms with Crippen LogP contribution in [0.1, 0.15) is 28.8 Å². The van der Waals surface area contributed by atoms with Gasteiger partial charge in [-0.3, -0.25) is 9.48 Å². The number of likely N-dealkylation sites (N-methyl/N-ethyl adjacent to an activating group) is 1. The normalized spacial score (nSPS) is 14.7. The molecule has 7 nitrogen and oxygen atoms in total. The molecule has 1 fully saturated rings. The van der Waals surface area contributed by atoms with Crippen molar-refractivity contribution in [1.82, 2.24) is 19.4 Å². The van der Waals surface area contributed by atoms with Gasteiger partial charge in [0.05, 0.1) is 11.1 Å². The molecule has 1 aliphatic rings. The number of sulfonamides is 1. The van der Waals surface area contributed by atoms with E-state index in [1.54, 1.807) is 30.1 Å². The third-order valence-corrected chi connectivity index (χ3v) is 6.08. The molecule has 0 unspecified atom stereocenters. The van der Waals surface area contributed by atoms with Crippen molar-refractivity contribution in [3.8, 4) is 0 Å². The first-order chi connectivity index (χ1) is 11.9. The predicted octanol–water partition coefficient (Wildman–Crippen LogP) is 1.18. The molecule has 1 heterocycles. The van der Waals surface area contributed by atoms with Gasteiger partial charge in [-0.2, -0.15) is 5.10 Å². The Balaban J connectivity index is 1.64. The highest BCUT2D eigenvalue weighted by Crippen LogP contribution is 2.20. The largest absolute Gasteiger partial charge is 0.349 e. The third-order valence-electron chi connectivity index (χ3n) is 4.21. The Hall–Kier alpha value is -2.19. The van der Waals surface area contributed by atoms with Gasteiger partial charge in [-0.1, -0.05) is 0 Å². The summed E-state index contributed by atoms with van der Waals surface area (Å²) in [5.74, 6) is -0.156. The van der Waals surface area contributed by atoms with Gasteiger partial charge in [-0.15, -0.1) is 0 Å². The highest BCUT2D eigenvalue weighted by atomic mass is 32.2. The number of nitrogens with zero attached hydrogens (tertiary/aromatic N) is 3. The van der Waals surface area contributed by atoms with Crippen LogP contribution in [0.15, 0.2) is 41.6 Å². The Labute approximate surface area is 147 Å². The van der Waals surface area contributed by atoms with Crippen LogP contribution in [0.3, 0.4) is 0 Å². The number of amides is 1. The number of benzene rings is 1. The van der Waals surface area contributed by atoms with Crippen LogP contribution in [0.4, 0.5) is 0 Å². The Morgan fingerprint density at radius 3 is 2.56 bits per heavy atom. The molecule has 1 aromatic carbocycles. The van der Waals surface area contributed by atoms with E-state index in [2.05, 4.69) is 10.4 Å². The van der Waals surface area contributed by atoms with Crippen molar-refractivity contribution in [2.24, 2.45) is 7.05 Å². The maximum absolute atomic E-state index is 12.6. The first kappa shape index (κ1) is 17.6. The molecule has 0 aliphatic heterocycles. The van der Waals surface area contributed by atoms with Crippen LogP contribution in [0, 0.1) is 0 Å². The highest BCUT2D eigenvalue weighted by Gasteiger charge is 2.25. The Bertz CT molecular complexity index is 854. The first-order valence-corrected chi connectivity index (χ1v) is 9.65. The number of carbonyl (C=O) groups is 1. The SMILES string of the molecule is CN(CCc1cnn(C)c1)S(=O)(=O)c1ccc(C(=O)NC2CC2)cc1. The zero-order valence-corrected chi connectivity index (χ0v) is 15.2. The van der Waals surface area contributed by atoms with E-state index in [4.69, 9.17) is 0 Å². The quantitative estimate of drug-likeness (QED) is 0.801. The molecule has 0 bridgehead atoms. The summed E-state index contributed by atoms with van der Waals surface area (Å²) in [5, 5.41) is 6.96. The van der Waals surface area contributed by atoms with Crippen molar-refractivity contribution in [2.75, 3.05) is 13.6 Å². The van der Waals surface area contributed by atoms with Crippen LogP contribution in [0.2, 0.25) is 0 Å². The van der Waals surface area contributed by atoms with Crippen LogP contribution in [-0.2, 0) is 23.5 Å². The molecule has 1 saturated carbocycles. The molecule has 1 N–H and O–H groups in total. The van der Waals surface area contributed by atoms with E-state index in [9.17, 15) is 13.2 Å². The molecule has 2 aromatic rings. The zero-order valence-electron chi connectivity index (χ0n) is 14.3. The lowest BCUT2D eigenvalue weighted by molar-refractivity contribution is 0.0951. The summed E-state index contributed by atoms with van der Waals surface area (Å²) in [6.07, 6.45) is 6.22. The first-order valence-electron chi connectivity index (χ1n) is 8.21. The number of aryl methyl sites for hydroxylation is 1. The molecule has 1 aromatic heterocycles. The molecular weight excluding hydrogens is 340 g/mol. The molecule has 1 aliphatic carbocycles. The second-order valence-electron chi connectivity index (χ2n) is 6.37. The van der Waals surface area contributed by atoms with Crippen LogP contribution in [-0.4, -0.2) is 48.0 Å². The minimum atomic E-state index is -3.58. The van der Waals surface area contributed by atoms with Gasteiger partial charge in [0.15, 0.2) is 0 Å². The van der Waals surface area contributed by atoms with Crippen LogP contribution < -0.4 is 5.32 Å². The summed E-state index contributed by atoms with van der Waals surface area (Å²) in [6, 6.07) is 6.35. The molecule has 0 saturated heterocycles. The average Bonchev–Trinajstić information content (AvgIpc) is 3.31. The van der Waals surface area contributed by atoms with Gasteiger partial charge in [-0.05, 0) is 49.1 Å². The monoisotopic (exact) mass is 362 g/mol. The van der Waals surface area contributed by atoms with E-state index in [1.807, 2.05) is 13.2 Å². The maximum atomic E-state index is 12.6. The standard InChI is InChI=1S/C17H22N4O3S/c1-20-12-13(11-18-20)9-10-21(2)25(23,24)16-7-3-14(4-8-16)17(22)19-15-5-6-15/h3-4,7-8,11-12,15H,5-6,9-10H2,1-2H3,(H,19,22). The number of aromatic nitrogens is 2. The van der Waals surface area contributed by atoms with E-state index >= 15 is 0 Å². The molecule has 25 heavy (non-hydrogen) atoms. The maximum Gasteiger partial charge on any atom is 0.251 e. The highest BCUT2D eigenvalue weighted by molar-refractivity contribution is 7.89. The molecule has 8 heteroatoms. The summed E-state index contributed by atoms with van der Waals surface area (Å²) >= 11 is 0. The van der Waals surface area contributed by atoms with Crippen LogP contribution in [0.5, 0.6) is 0 Å². The van der Waals surface area contributed by atoms with Gasteiger partial charge >= 0.3 is 0 Å². The second kappa shape index (κ2) is 6.97. The van der Waals surface area contributed by atoms with Crippen molar-refractivity contribution in [1.29, 1.82) is 0 Å². The fraction of sp³-hybridized carbons (Fsp3) is 0.412. The van der Waals surface area contributed by atoms with E-state index in [1.165, 1.54) is 16.4 Å². The lowest BCUT2D eigenvalue weighted by Gasteiger charge is -2.17. The molecule has 0 spiro atoms. The smallest absolute Gasteiger partial charge is 0.251 e. The Morgan fingerprint density at radius 2 is 2.00 bits per heavy atom. The molecule has 0 radical (unpaired) electrons. The molecular formula is C17H22N4O3S. The minimum Gasteiger partial charge on any atom is -0.349 e. The summed E-state index contributed by atoms with van der Waals surface area (Å²) < 4.78 is 28.3. The summed E-state index contributed by atoms with van der Waals surface area (Å²) in [7, 11) is -0.202. The van der Waals surface area contributed by atoms with Crippen molar-refractivity contribution in [3.05, 3.63) is 47.8 Å². The topological polar surface area (TPSA) is 84.3 Å². The van der Waals surface area contributed by atoms with Crippen molar-refractivity contribution < 1.29 is 13.2 Å². The van der Waals surface area contributed by atoms with Gasteiger partial charge in [0.25, 0.3) is 5.91 Å². The van der Waals surface area contributed by atoms with Crippen molar-refractivity contribution >= 4 is 15.9 Å². The van der Waals surface area contributed by atoms with Gasteiger partial charge in [0.2, 0.25) is 10.0 Å². The lowest BCUT2D eigenvalue weighted by atomic mass is 10.2. The van der Waals surface area contributed by atoms with Crippen LogP contribution in [0.25, 0.3) is 0 Å². The Kier molecular flexibility index (Phi) is 4.91. The summed E-state index contributed by atoms with van der Waals surface area (Å²) in [5.41, 5.74) is 1.46. The fourth-order valence-electron chi connectivity index (χ4n) is 2.46. The molecule has 3 rings (SSSR count). The number of nitrogens with one attached hydrogen (secondary N) is 1. The summed E-state index contributed by atoms with van der Waals surface area (Å²) in [4.78, 5) is 12.2. The van der Waals surface area contributed by atoms with E-state index in [0.29, 0.717) is 18.5 Å². The van der Waals surface area contributed by atoms with Gasteiger partial charge in [0, 0.05) is 38.4 Å². The predicted molar refractivity (Wildman–Crippen MR) is 93.7 cm³/mol. The van der Waals surface area contributed by atoms with Crippen molar-refractivity contribution in [3.63, 3.8) is 0 Å². The minimum absolute atomic E-state index is 0.156. The van der Waals surface area contributed by atoms with Gasteiger partial charge < -0.3 is 5.32 Å². The average molecular weight is 362 g/mol. The fourth-order valence-corrected chi connectivity index (χ4v) is 3.63. The zero-order chi connectivity index (χ0) is 18.0. The van der Waals surface area contributed by atoms with Gasteiger partial charge in [0.1, 0.15) is 0 Å². The number of rotatable bonds is 7. The number of hydrogen-bond donors (Lipinski definition) is 1. The Morgan fingerprint density at radius 1 is 1.32 bits per heavy atom. The number of carbonyl (C=O) groups excluding carboxylic acids is 1. The van der Waals surface area contributed by atoms with Crippen molar-refractivity contribution in [2.45, 2.75) is 30.2 Å².